The minimum atomic E-state index is -0.208. The van der Waals surface area contributed by atoms with Crippen molar-refractivity contribution in [3.05, 3.63) is 55.3 Å². The Kier molecular flexibility index (Phi) is 19.6. The van der Waals surface area contributed by atoms with Crippen LogP contribution in [-0.4, -0.2) is 5.11 Å². The Labute approximate surface area is 117 Å². The van der Waals surface area contributed by atoms with Gasteiger partial charge in [0.1, 0.15) is 0 Å². The Balaban J connectivity index is -0.000000285. The van der Waals surface area contributed by atoms with Crippen molar-refractivity contribution in [1.29, 1.82) is 0 Å². The van der Waals surface area contributed by atoms with Gasteiger partial charge in [-0.2, -0.15) is 0 Å². The van der Waals surface area contributed by atoms with Gasteiger partial charge in [0.15, 0.2) is 0 Å². The maximum absolute atomic E-state index is 9.56. The number of aliphatic hydroxyl groups excluding tert-OH is 1. The summed E-state index contributed by atoms with van der Waals surface area (Å²) in [6, 6.07) is 8.17. The Bertz CT molecular complexity index is 356. The molecule has 1 aliphatic carbocycles. The molecule has 0 spiro atoms. The monoisotopic (exact) mass is 284 g/mol. The molecule has 0 amide bonds. The summed E-state index contributed by atoms with van der Waals surface area (Å²) in [7, 11) is 0. The quantitative estimate of drug-likeness (QED) is 0.573. The summed E-state index contributed by atoms with van der Waals surface area (Å²) in [6.45, 7) is 13.5. The van der Waals surface area contributed by atoms with Crippen LogP contribution in [0.3, 0.4) is 0 Å². The smallest absolute Gasteiger partial charge is 0 e. The molecule has 0 fully saturated rings. The van der Waals surface area contributed by atoms with Crippen molar-refractivity contribution in [2.24, 2.45) is 0 Å². The Hall–Kier alpha value is -1.07. The Morgan fingerprint density at radius 3 is 2.00 bits per heavy atom. The summed E-state index contributed by atoms with van der Waals surface area (Å²) < 4.78 is 22.5. The molecule has 0 heterocycles. The van der Waals surface area contributed by atoms with E-state index in [0.717, 1.165) is 24.8 Å². The molecule has 5 heteroatoms. The molecule has 94 valence electrons. The van der Waals surface area contributed by atoms with Crippen LogP contribution in [0.25, 0.3) is 0 Å². The zero-order chi connectivity index (χ0) is 13.7. The average Bonchev–Trinajstić information content (AvgIpc) is 2.46. The van der Waals surface area contributed by atoms with Crippen LogP contribution in [-0.2, 0) is 37.7 Å². The van der Waals surface area contributed by atoms with E-state index in [4.69, 9.17) is 14.0 Å². The summed E-state index contributed by atoms with van der Waals surface area (Å²) in [4.78, 5) is 0. The molecule has 0 saturated heterocycles. The van der Waals surface area contributed by atoms with Gasteiger partial charge in [-0.1, -0.05) is 24.3 Å². The van der Waals surface area contributed by atoms with Crippen molar-refractivity contribution in [2.45, 2.75) is 25.4 Å². The SMILES string of the molecule is O[C@@H]1CCCc2ccccc21.[C-]#[O+].[C-]#[O+].[C-]#[O+].[Cr]. The molecule has 1 aromatic carbocycles. The molecule has 0 bridgehead atoms. The summed E-state index contributed by atoms with van der Waals surface area (Å²) in [5, 5.41) is 9.56. The second-order valence-corrected chi connectivity index (χ2v) is 3.11. The third-order valence-corrected chi connectivity index (χ3v) is 2.34. The van der Waals surface area contributed by atoms with Gasteiger partial charge in [0, 0.05) is 17.4 Å². The summed E-state index contributed by atoms with van der Waals surface area (Å²) in [5.74, 6) is 0. The summed E-state index contributed by atoms with van der Waals surface area (Å²) in [6.07, 6.45) is 2.97. The first-order chi connectivity index (χ1) is 8.38. The second-order valence-electron chi connectivity index (χ2n) is 3.11. The van der Waals surface area contributed by atoms with E-state index >= 15 is 0 Å². The fraction of sp³-hybridized carbons (Fsp3) is 0.308. The predicted molar refractivity (Wildman–Crippen MR) is 56.1 cm³/mol. The Morgan fingerprint density at radius 1 is 1.00 bits per heavy atom. The molecule has 0 unspecified atom stereocenters. The molecule has 2 rings (SSSR count). The van der Waals surface area contributed by atoms with Crippen LogP contribution in [0.1, 0.15) is 30.1 Å². The van der Waals surface area contributed by atoms with Gasteiger partial charge in [-0.3, -0.25) is 0 Å². The zero-order valence-corrected chi connectivity index (χ0v) is 10.9. The van der Waals surface area contributed by atoms with Crippen molar-refractivity contribution in [3.63, 3.8) is 0 Å². The molecule has 1 aromatic rings. The van der Waals surface area contributed by atoms with Crippen LogP contribution in [0, 0.1) is 20.0 Å². The molecule has 0 saturated carbocycles. The first-order valence-corrected chi connectivity index (χ1v) is 4.75. The zero-order valence-electron chi connectivity index (χ0n) is 9.59. The van der Waals surface area contributed by atoms with E-state index in [9.17, 15) is 5.11 Å². The van der Waals surface area contributed by atoms with E-state index in [-0.39, 0.29) is 23.5 Å². The molecule has 0 radical (unpaired) electrons. The minimum absolute atomic E-state index is 0. The van der Waals surface area contributed by atoms with Crippen molar-refractivity contribution < 1.29 is 36.4 Å². The molecule has 0 aromatic heterocycles. The van der Waals surface area contributed by atoms with Crippen molar-refractivity contribution in [1.82, 2.24) is 0 Å². The maximum Gasteiger partial charge on any atom is 0 e. The van der Waals surface area contributed by atoms with Gasteiger partial charge in [-0.05, 0) is 30.4 Å². The topological polar surface area (TPSA) is 79.9 Å². The summed E-state index contributed by atoms with van der Waals surface area (Å²) in [5.41, 5.74) is 2.46. The number of benzene rings is 1. The molecule has 4 nitrogen and oxygen atoms in total. The van der Waals surface area contributed by atoms with Crippen LogP contribution in [0.2, 0.25) is 0 Å². The number of fused-ring (bicyclic) bond motifs is 1. The number of aliphatic hydroxyl groups is 1. The molecule has 0 aliphatic heterocycles. The normalized spacial score (nSPS) is 14.3. The molecule has 1 aliphatic rings. The van der Waals surface area contributed by atoms with E-state index < -0.39 is 0 Å². The molecule has 18 heavy (non-hydrogen) atoms. The van der Waals surface area contributed by atoms with E-state index in [1.807, 2.05) is 18.2 Å². The standard InChI is InChI=1S/C10H12O.3CO.Cr/c11-10-7-3-5-8-4-1-2-6-9(8)10;3*1-2;/h1-2,4,6,10-11H,3,5,7H2;;;;/t10-;;;;/m1..../s1. The van der Waals surface area contributed by atoms with Gasteiger partial charge in [-0.25, -0.2) is 0 Å². The van der Waals surface area contributed by atoms with Crippen molar-refractivity contribution in [3.8, 4) is 0 Å². The van der Waals surface area contributed by atoms with Crippen LogP contribution >= 0.6 is 0 Å². The first kappa shape index (κ1) is 22.1. The van der Waals surface area contributed by atoms with Gasteiger partial charge in [0.2, 0.25) is 0 Å². The van der Waals surface area contributed by atoms with E-state index in [1.54, 1.807) is 0 Å². The predicted octanol–water partition coefficient (Wildman–Crippen LogP) is 1.94. The fourth-order valence-corrected chi connectivity index (χ4v) is 1.73. The number of aryl methyl sites for hydroxylation is 1. The molecular formula is C13H12CrO4. The van der Waals surface area contributed by atoms with Gasteiger partial charge in [0.25, 0.3) is 0 Å². The minimum Gasteiger partial charge on any atom is 0 e. The number of hydrogen-bond donors (Lipinski definition) is 1. The van der Waals surface area contributed by atoms with Crippen LogP contribution in [0.15, 0.2) is 24.3 Å². The van der Waals surface area contributed by atoms with Crippen LogP contribution in [0.5, 0.6) is 0 Å². The van der Waals surface area contributed by atoms with Gasteiger partial charge in [-0.15, -0.1) is 0 Å². The third-order valence-electron chi connectivity index (χ3n) is 2.34. The average molecular weight is 284 g/mol. The number of hydrogen-bond acceptors (Lipinski definition) is 1. The third kappa shape index (κ3) is 7.30. The van der Waals surface area contributed by atoms with E-state index in [0.29, 0.717) is 0 Å². The van der Waals surface area contributed by atoms with Crippen LogP contribution < -0.4 is 0 Å². The molecule has 1 N–H and O–H groups in total. The molecular weight excluding hydrogens is 272 g/mol. The van der Waals surface area contributed by atoms with Crippen molar-refractivity contribution >= 4 is 0 Å². The first-order valence-electron chi connectivity index (χ1n) is 4.75. The van der Waals surface area contributed by atoms with E-state index in [1.165, 1.54) is 5.56 Å². The van der Waals surface area contributed by atoms with Crippen molar-refractivity contribution in [2.75, 3.05) is 0 Å². The summed E-state index contributed by atoms with van der Waals surface area (Å²) >= 11 is 0. The largest absolute Gasteiger partial charge is 0 e. The van der Waals surface area contributed by atoms with Gasteiger partial charge >= 0.3 is 33.9 Å². The van der Waals surface area contributed by atoms with Gasteiger partial charge < -0.3 is 5.11 Å². The fourth-order valence-electron chi connectivity index (χ4n) is 1.73. The number of rotatable bonds is 0. The molecule has 1 atom stereocenters. The van der Waals surface area contributed by atoms with Gasteiger partial charge in [0.05, 0.1) is 6.10 Å². The van der Waals surface area contributed by atoms with Crippen LogP contribution in [0.4, 0.5) is 0 Å². The Morgan fingerprint density at radius 2 is 1.50 bits per heavy atom. The second kappa shape index (κ2) is 15.9. The van der Waals surface area contributed by atoms with E-state index in [2.05, 4.69) is 26.0 Å². The maximum atomic E-state index is 9.56.